The Kier molecular flexibility index (Phi) is 4.33. The van der Waals surface area contributed by atoms with Crippen molar-refractivity contribution >= 4 is 11.5 Å². The zero-order valence-corrected chi connectivity index (χ0v) is 15.0. The van der Waals surface area contributed by atoms with Crippen molar-refractivity contribution in [1.29, 1.82) is 0 Å². The smallest absolute Gasteiger partial charge is 0.269 e. The van der Waals surface area contributed by atoms with Gasteiger partial charge in [-0.25, -0.2) is 0 Å². The number of non-ortho nitro benzene ring substituents is 1. The monoisotopic (exact) mass is 337 g/mol. The van der Waals surface area contributed by atoms with Gasteiger partial charge in [-0.2, -0.15) is 0 Å². The van der Waals surface area contributed by atoms with Crippen molar-refractivity contribution in [3.63, 3.8) is 0 Å². The van der Waals surface area contributed by atoms with E-state index >= 15 is 0 Å². The van der Waals surface area contributed by atoms with Crippen molar-refractivity contribution in [3.8, 4) is 0 Å². The number of aliphatic imine (C=N–C) groups is 1. The molecule has 2 unspecified atom stereocenters. The molecule has 0 saturated carbocycles. The first-order valence-corrected chi connectivity index (χ1v) is 8.39. The first kappa shape index (κ1) is 17.1. The van der Waals surface area contributed by atoms with Gasteiger partial charge in [-0.15, -0.1) is 0 Å². The van der Waals surface area contributed by atoms with Gasteiger partial charge in [-0.3, -0.25) is 15.1 Å². The lowest BCUT2D eigenvalue weighted by Gasteiger charge is -2.31. The molecule has 0 bridgehead atoms. The number of hydrogen-bond acceptors (Lipinski definition) is 4. The lowest BCUT2D eigenvalue weighted by atomic mass is 9.92. The van der Waals surface area contributed by atoms with E-state index in [1.807, 2.05) is 30.3 Å². The predicted octanol–water partition coefficient (Wildman–Crippen LogP) is 4.77. The van der Waals surface area contributed by atoms with E-state index in [0.29, 0.717) is 0 Å². The Balaban J connectivity index is 2.05. The third-order valence-electron chi connectivity index (χ3n) is 4.57. The van der Waals surface area contributed by atoms with Crippen molar-refractivity contribution in [2.24, 2.45) is 10.4 Å². The molecule has 130 valence electrons. The highest BCUT2D eigenvalue weighted by molar-refractivity contribution is 5.89. The number of rotatable bonds is 3. The number of nitro benzene ring substituents is 1. The van der Waals surface area contributed by atoms with Gasteiger partial charge in [0.05, 0.1) is 11.0 Å². The Bertz CT molecular complexity index is 792. The molecule has 1 aliphatic rings. The Morgan fingerprint density at radius 1 is 1.00 bits per heavy atom. The van der Waals surface area contributed by atoms with Crippen LogP contribution in [0.4, 0.5) is 5.69 Å². The fraction of sp³-hybridized carbons (Fsp3) is 0.350. The van der Waals surface area contributed by atoms with Crippen LogP contribution >= 0.6 is 0 Å². The summed E-state index contributed by atoms with van der Waals surface area (Å²) in [7, 11) is 2.08. The molecule has 0 spiro atoms. The molecule has 5 heteroatoms. The average molecular weight is 337 g/mol. The van der Waals surface area contributed by atoms with Crippen LogP contribution in [-0.2, 0) is 0 Å². The Labute approximate surface area is 148 Å². The van der Waals surface area contributed by atoms with Crippen LogP contribution in [0.3, 0.4) is 0 Å². The van der Waals surface area contributed by atoms with Gasteiger partial charge >= 0.3 is 0 Å². The molecular weight excluding hydrogens is 314 g/mol. The summed E-state index contributed by atoms with van der Waals surface area (Å²) in [5.41, 5.74) is 2.21. The van der Waals surface area contributed by atoms with Gasteiger partial charge in [0, 0.05) is 24.6 Å². The van der Waals surface area contributed by atoms with Crippen molar-refractivity contribution in [1.82, 2.24) is 4.90 Å². The first-order valence-electron chi connectivity index (χ1n) is 8.39. The van der Waals surface area contributed by atoms with Crippen LogP contribution < -0.4 is 0 Å². The van der Waals surface area contributed by atoms with Crippen LogP contribution in [0.1, 0.15) is 44.0 Å². The summed E-state index contributed by atoms with van der Waals surface area (Å²) in [5, 5.41) is 10.9. The van der Waals surface area contributed by atoms with E-state index in [4.69, 9.17) is 4.99 Å². The Morgan fingerprint density at radius 3 is 2.12 bits per heavy atom. The third kappa shape index (κ3) is 3.27. The minimum absolute atomic E-state index is 0.0721. The number of nitrogens with zero attached hydrogens (tertiary/aromatic N) is 3. The second-order valence-corrected chi connectivity index (χ2v) is 7.46. The number of amidine groups is 1. The third-order valence-corrected chi connectivity index (χ3v) is 4.57. The zero-order chi connectivity index (χ0) is 18.2. The summed E-state index contributed by atoms with van der Waals surface area (Å²) in [6, 6.07) is 17.1. The van der Waals surface area contributed by atoms with Crippen LogP contribution in [0.15, 0.2) is 59.6 Å². The van der Waals surface area contributed by atoms with Crippen LogP contribution in [0.25, 0.3) is 0 Å². The van der Waals surface area contributed by atoms with Gasteiger partial charge in [-0.1, -0.05) is 51.1 Å². The topological polar surface area (TPSA) is 58.7 Å². The molecule has 0 amide bonds. The molecule has 0 radical (unpaired) electrons. The van der Waals surface area contributed by atoms with E-state index in [1.165, 1.54) is 5.56 Å². The molecule has 0 N–H and O–H groups in total. The Morgan fingerprint density at radius 2 is 1.60 bits per heavy atom. The number of hydrogen-bond donors (Lipinski definition) is 0. The highest BCUT2D eigenvalue weighted by atomic mass is 16.6. The molecule has 2 aromatic carbocycles. The summed E-state index contributed by atoms with van der Waals surface area (Å²) in [6.07, 6.45) is 0. The zero-order valence-electron chi connectivity index (χ0n) is 15.0. The summed E-state index contributed by atoms with van der Waals surface area (Å²) < 4.78 is 0. The molecule has 0 fully saturated rings. The van der Waals surface area contributed by atoms with Crippen LogP contribution in [0.5, 0.6) is 0 Å². The molecule has 1 heterocycles. The maximum atomic E-state index is 10.9. The molecule has 2 aromatic rings. The lowest BCUT2D eigenvalue weighted by molar-refractivity contribution is -0.384. The molecule has 2 atom stereocenters. The summed E-state index contributed by atoms with van der Waals surface area (Å²) in [5.74, 6) is 1.05. The van der Waals surface area contributed by atoms with Gasteiger partial charge in [0.15, 0.2) is 0 Å². The van der Waals surface area contributed by atoms with E-state index in [-0.39, 0.29) is 28.1 Å². The minimum atomic E-state index is -0.372. The van der Waals surface area contributed by atoms with E-state index in [1.54, 1.807) is 12.1 Å². The van der Waals surface area contributed by atoms with Gasteiger partial charge < -0.3 is 4.90 Å². The maximum Gasteiger partial charge on any atom is 0.269 e. The predicted molar refractivity (Wildman–Crippen MR) is 99.7 cm³/mol. The summed E-state index contributed by atoms with van der Waals surface area (Å²) >= 11 is 0. The SMILES string of the molecule is CN1C(C(C)(C)C)=NC(c2ccc([N+](=O)[O-])cc2)C1c1ccccc1. The molecule has 0 aliphatic carbocycles. The van der Waals surface area contributed by atoms with Gasteiger partial charge in [0.1, 0.15) is 11.9 Å². The Hall–Kier alpha value is -2.69. The summed E-state index contributed by atoms with van der Waals surface area (Å²) in [6.45, 7) is 6.47. The highest BCUT2D eigenvalue weighted by Crippen LogP contribution is 2.44. The van der Waals surface area contributed by atoms with Crippen molar-refractivity contribution in [3.05, 3.63) is 75.8 Å². The number of likely N-dealkylation sites (N-methyl/N-ethyl adjacent to an activating group) is 1. The van der Waals surface area contributed by atoms with Crippen molar-refractivity contribution in [2.75, 3.05) is 7.05 Å². The molecular formula is C20H23N3O2. The number of benzene rings is 2. The highest BCUT2D eigenvalue weighted by Gasteiger charge is 2.40. The van der Waals surface area contributed by atoms with E-state index in [9.17, 15) is 10.1 Å². The van der Waals surface area contributed by atoms with Crippen molar-refractivity contribution in [2.45, 2.75) is 32.9 Å². The van der Waals surface area contributed by atoms with Crippen LogP contribution in [0, 0.1) is 15.5 Å². The maximum absolute atomic E-state index is 10.9. The summed E-state index contributed by atoms with van der Waals surface area (Å²) in [4.78, 5) is 17.8. The molecule has 3 rings (SSSR count). The van der Waals surface area contributed by atoms with Gasteiger partial charge in [0.2, 0.25) is 0 Å². The quantitative estimate of drug-likeness (QED) is 0.599. The van der Waals surface area contributed by atoms with E-state index in [2.05, 4.69) is 44.9 Å². The van der Waals surface area contributed by atoms with Gasteiger partial charge in [0.25, 0.3) is 5.69 Å². The van der Waals surface area contributed by atoms with Crippen molar-refractivity contribution < 1.29 is 4.92 Å². The van der Waals surface area contributed by atoms with Gasteiger partial charge in [-0.05, 0) is 23.3 Å². The molecule has 0 saturated heterocycles. The first-order chi connectivity index (χ1) is 11.8. The van der Waals surface area contributed by atoms with Crippen LogP contribution in [0.2, 0.25) is 0 Å². The van der Waals surface area contributed by atoms with E-state index < -0.39 is 0 Å². The molecule has 1 aliphatic heterocycles. The molecule has 5 nitrogen and oxygen atoms in total. The normalized spacial score (nSPS) is 20.5. The largest absolute Gasteiger partial charge is 0.353 e. The molecule has 25 heavy (non-hydrogen) atoms. The second-order valence-electron chi connectivity index (χ2n) is 7.46. The minimum Gasteiger partial charge on any atom is -0.353 e. The number of nitro groups is 1. The fourth-order valence-corrected chi connectivity index (χ4v) is 3.47. The fourth-order valence-electron chi connectivity index (χ4n) is 3.47. The van der Waals surface area contributed by atoms with E-state index in [0.717, 1.165) is 11.4 Å². The molecule has 0 aromatic heterocycles. The average Bonchev–Trinajstić information content (AvgIpc) is 2.93. The standard InChI is InChI=1S/C20H23N3O2/c1-20(2,3)19-21-17(14-10-12-16(13-11-14)23(24)25)18(22(19)4)15-8-6-5-7-9-15/h5-13,17-18H,1-4H3. The lowest BCUT2D eigenvalue weighted by Crippen LogP contribution is -2.35. The van der Waals surface area contributed by atoms with Crippen LogP contribution in [-0.4, -0.2) is 22.7 Å². The second kappa shape index (κ2) is 6.31.